The van der Waals surface area contributed by atoms with E-state index < -0.39 is 0 Å². The molecular weight excluding hydrogens is 248 g/mol. The lowest BCUT2D eigenvalue weighted by Crippen LogP contribution is -2.46. The normalized spacial score (nSPS) is 16.6. The van der Waals surface area contributed by atoms with Crippen molar-refractivity contribution < 1.29 is 0 Å². The van der Waals surface area contributed by atoms with Gasteiger partial charge in [0.15, 0.2) is 0 Å². The number of aromatic nitrogens is 1. The zero-order chi connectivity index (χ0) is 14.4. The third-order valence-electron chi connectivity index (χ3n) is 3.90. The maximum Gasteiger partial charge on any atom is 0.129 e. The van der Waals surface area contributed by atoms with Crippen LogP contribution in [-0.4, -0.2) is 42.6 Å². The molecule has 0 unspecified atom stereocenters. The van der Waals surface area contributed by atoms with Crippen LogP contribution in [0.4, 0.5) is 5.82 Å². The third kappa shape index (κ3) is 3.93. The number of aryl methyl sites for hydroxylation is 1. The highest BCUT2D eigenvalue weighted by Gasteiger charge is 2.18. The molecule has 1 aromatic rings. The summed E-state index contributed by atoms with van der Waals surface area (Å²) < 4.78 is 0. The van der Waals surface area contributed by atoms with Crippen molar-refractivity contribution in [1.82, 2.24) is 9.88 Å². The number of nitrogens with two attached hydrogens (primary N) is 1. The van der Waals surface area contributed by atoms with Gasteiger partial charge in [-0.25, -0.2) is 4.98 Å². The fourth-order valence-electron chi connectivity index (χ4n) is 2.81. The third-order valence-corrected chi connectivity index (χ3v) is 3.90. The van der Waals surface area contributed by atoms with Gasteiger partial charge >= 0.3 is 0 Å². The fraction of sp³-hybridized carbons (Fsp3) is 0.688. The van der Waals surface area contributed by atoms with Crippen LogP contribution in [0.2, 0.25) is 0 Å². The van der Waals surface area contributed by atoms with E-state index in [0.717, 1.165) is 44.8 Å². The molecule has 0 saturated carbocycles. The van der Waals surface area contributed by atoms with Crippen LogP contribution in [0.5, 0.6) is 0 Å². The van der Waals surface area contributed by atoms with Gasteiger partial charge in [-0.1, -0.05) is 20.3 Å². The number of piperazine rings is 1. The van der Waals surface area contributed by atoms with Crippen LogP contribution < -0.4 is 10.6 Å². The summed E-state index contributed by atoms with van der Waals surface area (Å²) in [6.45, 7) is 10.7. The van der Waals surface area contributed by atoms with Crippen LogP contribution in [0.15, 0.2) is 12.1 Å². The summed E-state index contributed by atoms with van der Waals surface area (Å²) in [6, 6.07) is 4.31. The highest BCUT2D eigenvalue weighted by molar-refractivity contribution is 5.43. The summed E-state index contributed by atoms with van der Waals surface area (Å²) in [5.41, 5.74) is 8.21. The lowest BCUT2D eigenvalue weighted by Gasteiger charge is -2.35. The van der Waals surface area contributed by atoms with Gasteiger partial charge in [-0.3, -0.25) is 4.90 Å². The molecule has 4 nitrogen and oxygen atoms in total. The maximum atomic E-state index is 5.82. The average Bonchev–Trinajstić information content (AvgIpc) is 2.48. The smallest absolute Gasteiger partial charge is 0.129 e. The van der Waals surface area contributed by atoms with Crippen molar-refractivity contribution in [2.45, 2.75) is 39.7 Å². The van der Waals surface area contributed by atoms with Crippen LogP contribution in [0, 0.1) is 0 Å². The lowest BCUT2D eigenvalue weighted by molar-refractivity contribution is 0.258. The van der Waals surface area contributed by atoms with Gasteiger partial charge in [0.1, 0.15) is 5.82 Å². The van der Waals surface area contributed by atoms with Crippen LogP contribution in [0.3, 0.4) is 0 Å². The Hall–Kier alpha value is -1.13. The molecule has 0 radical (unpaired) electrons. The SMILES string of the molecule is CCCc1cc(CN)cc(N2CCN(CCC)CC2)n1. The predicted octanol–water partition coefficient (Wildman–Crippen LogP) is 2.02. The van der Waals surface area contributed by atoms with Gasteiger partial charge in [0.05, 0.1) is 0 Å². The molecule has 1 aliphatic rings. The van der Waals surface area contributed by atoms with E-state index in [4.69, 9.17) is 10.7 Å². The Morgan fingerprint density at radius 2 is 1.85 bits per heavy atom. The van der Waals surface area contributed by atoms with Gasteiger partial charge in [0.2, 0.25) is 0 Å². The number of hydrogen-bond donors (Lipinski definition) is 1. The van der Waals surface area contributed by atoms with Gasteiger partial charge in [-0.2, -0.15) is 0 Å². The first-order valence-corrected chi connectivity index (χ1v) is 7.94. The van der Waals surface area contributed by atoms with E-state index >= 15 is 0 Å². The Morgan fingerprint density at radius 3 is 2.45 bits per heavy atom. The number of pyridine rings is 1. The van der Waals surface area contributed by atoms with E-state index in [1.807, 2.05) is 0 Å². The molecule has 0 aliphatic carbocycles. The fourth-order valence-corrected chi connectivity index (χ4v) is 2.81. The van der Waals surface area contributed by atoms with Crippen molar-refractivity contribution in [3.63, 3.8) is 0 Å². The van der Waals surface area contributed by atoms with Crippen molar-refractivity contribution in [2.75, 3.05) is 37.6 Å². The van der Waals surface area contributed by atoms with E-state index in [1.54, 1.807) is 0 Å². The molecule has 2 N–H and O–H groups in total. The minimum atomic E-state index is 0.599. The average molecular weight is 276 g/mol. The Bertz CT molecular complexity index is 411. The van der Waals surface area contributed by atoms with E-state index in [0.29, 0.717) is 6.54 Å². The first kappa shape index (κ1) is 15.3. The van der Waals surface area contributed by atoms with Gasteiger partial charge in [-0.05, 0) is 37.1 Å². The minimum Gasteiger partial charge on any atom is -0.354 e. The van der Waals surface area contributed by atoms with Crippen LogP contribution in [0.1, 0.15) is 37.9 Å². The molecule has 0 bridgehead atoms. The van der Waals surface area contributed by atoms with E-state index in [1.165, 1.54) is 24.2 Å². The first-order valence-electron chi connectivity index (χ1n) is 7.94. The molecule has 1 aliphatic heterocycles. The van der Waals surface area contributed by atoms with E-state index in [9.17, 15) is 0 Å². The topological polar surface area (TPSA) is 45.4 Å². The zero-order valence-electron chi connectivity index (χ0n) is 12.9. The Kier molecular flexibility index (Phi) is 5.80. The van der Waals surface area contributed by atoms with Crippen molar-refractivity contribution >= 4 is 5.82 Å². The molecule has 0 atom stereocenters. The van der Waals surface area contributed by atoms with Crippen molar-refractivity contribution in [2.24, 2.45) is 5.73 Å². The summed E-state index contributed by atoms with van der Waals surface area (Å²) >= 11 is 0. The van der Waals surface area contributed by atoms with Crippen LogP contribution in [0.25, 0.3) is 0 Å². The van der Waals surface area contributed by atoms with Gasteiger partial charge in [0, 0.05) is 38.4 Å². The first-order chi connectivity index (χ1) is 9.76. The Labute approximate surface area is 123 Å². The van der Waals surface area contributed by atoms with E-state index in [2.05, 4.69) is 35.8 Å². The van der Waals surface area contributed by atoms with Crippen molar-refractivity contribution in [3.05, 3.63) is 23.4 Å². The quantitative estimate of drug-likeness (QED) is 0.863. The van der Waals surface area contributed by atoms with Crippen LogP contribution >= 0.6 is 0 Å². The molecule has 0 spiro atoms. The number of rotatable bonds is 6. The minimum absolute atomic E-state index is 0.599. The van der Waals surface area contributed by atoms with Crippen LogP contribution in [-0.2, 0) is 13.0 Å². The second-order valence-electron chi connectivity index (χ2n) is 5.61. The van der Waals surface area contributed by atoms with Crippen molar-refractivity contribution in [1.29, 1.82) is 0 Å². The zero-order valence-corrected chi connectivity index (χ0v) is 12.9. The molecule has 112 valence electrons. The molecule has 2 rings (SSSR count). The summed E-state index contributed by atoms with van der Waals surface area (Å²) in [5.74, 6) is 1.12. The molecule has 0 amide bonds. The largest absolute Gasteiger partial charge is 0.354 e. The second kappa shape index (κ2) is 7.60. The highest BCUT2D eigenvalue weighted by atomic mass is 15.3. The Balaban J connectivity index is 2.06. The maximum absolute atomic E-state index is 5.82. The summed E-state index contributed by atoms with van der Waals surface area (Å²) in [7, 11) is 0. The summed E-state index contributed by atoms with van der Waals surface area (Å²) in [4.78, 5) is 9.76. The monoisotopic (exact) mass is 276 g/mol. The number of nitrogens with zero attached hydrogens (tertiary/aromatic N) is 3. The molecule has 1 saturated heterocycles. The predicted molar refractivity (Wildman–Crippen MR) is 85.1 cm³/mol. The molecule has 20 heavy (non-hydrogen) atoms. The van der Waals surface area contributed by atoms with E-state index in [-0.39, 0.29) is 0 Å². The molecular formula is C16H28N4. The number of anilines is 1. The molecule has 1 fully saturated rings. The lowest BCUT2D eigenvalue weighted by atomic mass is 10.1. The molecule has 2 heterocycles. The highest BCUT2D eigenvalue weighted by Crippen LogP contribution is 2.18. The van der Waals surface area contributed by atoms with Gasteiger partial charge in [-0.15, -0.1) is 0 Å². The van der Waals surface area contributed by atoms with Crippen molar-refractivity contribution in [3.8, 4) is 0 Å². The van der Waals surface area contributed by atoms with Gasteiger partial charge in [0.25, 0.3) is 0 Å². The molecule has 4 heteroatoms. The summed E-state index contributed by atoms with van der Waals surface area (Å²) in [5, 5.41) is 0. The standard InChI is InChI=1S/C16H28N4/c1-3-5-15-11-14(13-17)12-16(18-15)20-9-7-19(6-4-2)8-10-20/h11-12H,3-10,13,17H2,1-2H3. The second-order valence-corrected chi connectivity index (χ2v) is 5.61. The molecule has 0 aromatic carbocycles. The molecule has 1 aromatic heterocycles. The summed E-state index contributed by atoms with van der Waals surface area (Å²) in [6.07, 6.45) is 3.41. The number of hydrogen-bond acceptors (Lipinski definition) is 4. The Morgan fingerprint density at radius 1 is 1.10 bits per heavy atom. The van der Waals surface area contributed by atoms with Gasteiger partial charge < -0.3 is 10.6 Å².